The van der Waals surface area contributed by atoms with E-state index >= 15 is 0 Å². The third kappa shape index (κ3) is 6.20. The first-order valence-electron chi connectivity index (χ1n) is 7.73. The van der Waals surface area contributed by atoms with Crippen LogP contribution in [-0.4, -0.2) is 52.6 Å². The second-order valence-corrected chi connectivity index (χ2v) is 6.18. The number of methoxy groups -OCH3 is 1. The molecule has 0 aliphatic heterocycles. The topological polar surface area (TPSA) is 112 Å². The maximum atomic E-state index is 11.7. The van der Waals surface area contributed by atoms with Crippen LogP contribution in [0.2, 0.25) is 0 Å². The number of thioether (sulfide) groups is 1. The predicted octanol–water partition coefficient (Wildman–Crippen LogP) is 0.209. The highest BCUT2D eigenvalue weighted by atomic mass is 32.2. The quantitative estimate of drug-likeness (QED) is 0.584. The van der Waals surface area contributed by atoms with E-state index < -0.39 is 5.91 Å². The molecule has 9 heteroatoms. The zero-order valence-corrected chi connectivity index (χ0v) is 14.8. The number of hydrogen-bond acceptors (Lipinski definition) is 6. The number of carbonyl (C=O) groups is 2. The van der Waals surface area contributed by atoms with Gasteiger partial charge in [0, 0.05) is 20.1 Å². The molecule has 1 heterocycles. The Morgan fingerprint density at radius 2 is 2.04 bits per heavy atom. The highest BCUT2D eigenvalue weighted by molar-refractivity contribution is 7.99. The van der Waals surface area contributed by atoms with E-state index in [0.29, 0.717) is 24.7 Å². The minimum atomic E-state index is -0.577. The van der Waals surface area contributed by atoms with Gasteiger partial charge in [-0.15, -0.1) is 10.2 Å². The zero-order valence-electron chi connectivity index (χ0n) is 14.0. The number of aromatic nitrogens is 3. The number of primary amides is 1. The van der Waals surface area contributed by atoms with E-state index in [0.717, 1.165) is 11.4 Å². The van der Waals surface area contributed by atoms with Crippen LogP contribution in [0.1, 0.15) is 11.4 Å². The van der Waals surface area contributed by atoms with Gasteiger partial charge in [0.1, 0.15) is 5.82 Å². The molecule has 1 aromatic carbocycles. The molecule has 0 spiro atoms. The van der Waals surface area contributed by atoms with Crippen molar-refractivity contribution in [3.8, 4) is 0 Å². The Morgan fingerprint density at radius 3 is 2.72 bits per heavy atom. The van der Waals surface area contributed by atoms with E-state index in [9.17, 15) is 9.59 Å². The number of rotatable bonds is 10. The summed E-state index contributed by atoms with van der Waals surface area (Å²) >= 11 is 1.26. The fourth-order valence-electron chi connectivity index (χ4n) is 2.11. The Balaban J connectivity index is 2.04. The number of nitrogens with one attached hydrogen (secondary N) is 1. The summed E-state index contributed by atoms with van der Waals surface area (Å²) in [6.45, 7) is 0.938. The Bertz CT molecular complexity index is 705. The van der Waals surface area contributed by atoms with Crippen molar-refractivity contribution in [3.63, 3.8) is 0 Å². The Kier molecular flexibility index (Phi) is 7.42. The smallest absolute Gasteiger partial charge is 0.236 e. The SMILES string of the molecule is COCCn1c(Cc2ccccc2)nnc1SCC(=O)NCC(N)=O. The van der Waals surface area contributed by atoms with Gasteiger partial charge in [-0.25, -0.2) is 0 Å². The second-order valence-electron chi connectivity index (χ2n) is 5.24. The number of hydrogen-bond donors (Lipinski definition) is 2. The molecule has 2 aromatic rings. The second kappa shape index (κ2) is 9.80. The minimum absolute atomic E-state index is 0.129. The molecule has 0 bridgehead atoms. The molecule has 2 amide bonds. The van der Waals surface area contributed by atoms with Crippen LogP contribution < -0.4 is 11.1 Å². The molecule has 0 atom stereocenters. The van der Waals surface area contributed by atoms with E-state index in [4.69, 9.17) is 10.5 Å². The molecule has 0 fully saturated rings. The lowest BCUT2D eigenvalue weighted by Gasteiger charge is -2.09. The van der Waals surface area contributed by atoms with Crippen molar-refractivity contribution in [2.75, 3.05) is 26.0 Å². The van der Waals surface area contributed by atoms with Crippen LogP contribution in [0, 0.1) is 0 Å². The standard InChI is InChI=1S/C16H21N5O3S/c1-24-8-7-21-14(9-12-5-3-2-4-6-12)19-20-16(21)25-11-15(23)18-10-13(17)22/h2-6H,7-11H2,1H3,(H2,17,22)(H,18,23). The van der Waals surface area contributed by atoms with Gasteiger partial charge in [0.2, 0.25) is 11.8 Å². The highest BCUT2D eigenvalue weighted by Crippen LogP contribution is 2.18. The number of nitrogens with two attached hydrogens (primary N) is 1. The molecule has 2 rings (SSSR count). The van der Waals surface area contributed by atoms with E-state index in [2.05, 4.69) is 15.5 Å². The van der Waals surface area contributed by atoms with Gasteiger partial charge in [0.05, 0.1) is 18.9 Å². The van der Waals surface area contributed by atoms with Crippen molar-refractivity contribution < 1.29 is 14.3 Å². The first-order valence-corrected chi connectivity index (χ1v) is 8.71. The van der Waals surface area contributed by atoms with Crippen molar-refractivity contribution in [1.82, 2.24) is 20.1 Å². The molecular weight excluding hydrogens is 342 g/mol. The maximum absolute atomic E-state index is 11.7. The van der Waals surface area contributed by atoms with Crippen LogP contribution in [0.5, 0.6) is 0 Å². The van der Waals surface area contributed by atoms with Crippen LogP contribution in [-0.2, 0) is 27.3 Å². The lowest BCUT2D eigenvalue weighted by atomic mass is 10.1. The Morgan fingerprint density at radius 1 is 1.28 bits per heavy atom. The molecule has 0 saturated carbocycles. The van der Waals surface area contributed by atoms with Crippen molar-refractivity contribution in [2.45, 2.75) is 18.1 Å². The number of amides is 2. The van der Waals surface area contributed by atoms with Gasteiger partial charge in [-0.05, 0) is 5.56 Å². The molecule has 0 aliphatic rings. The minimum Gasteiger partial charge on any atom is -0.383 e. The average Bonchev–Trinajstić information content (AvgIpc) is 2.98. The molecule has 0 aliphatic carbocycles. The van der Waals surface area contributed by atoms with E-state index in [-0.39, 0.29) is 18.2 Å². The summed E-state index contributed by atoms with van der Waals surface area (Å²) in [4.78, 5) is 22.4. The summed E-state index contributed by atoms with van der Waals surface area (Å²) in [5.74, 6) is 0.0775. The lowest BCUT2D eigenvalue weighted by Crippen LogP contribution is -2.34. The van der Waals surface area contributed by atoms with Crippen molar-refractivity contribution >= 4 is 23.6 Å². The fraction of sp³-hybridized carbons (Fsp3) is 0.375. The van der Waals surface area contributed by atoms with E-state index in [1.807, 2.05) is 34.9 Å². The van der Waals surface area contributed by atoms with Crippen molar-refractivity contribution in [2.24, 2.45) is 5.73 Å². The third-order valence-corrected chi connectivity index (χ3v) is 4.28. The first-order chi connectivity index (χ1) is 12.1. The molecule has 3 N–H and O–H groups in total. The molecule has 134 valence electrons. The molecular formula is C16H21N5O3S. The number of carbonyl (C=O) groups excluding carboxylic acids is 2. The highest BCUT2D eigenvalue weighted by Gasteiger charge is 2.14. The average molecular weight is 363 g/mol. The molecule has 0 saturated heterocycles. The number of nitrogens with zero attached hydrogens (tertiary/aromatic N) is 3. The van der Waals surface area contributed by atoms with Crippen molar-refractivity contribution in [3.05, 3.63) is 41.7 Å². The van der Waals surface area contributed by atoms with Gasteiger partial charge in [0.25, 0.3) is 0 Å². The summed E-state index contributed by atoms with van der Waals surface area (Å²) in [5, 5.41) is 11.5. The monoisotopic (exact) mass is 363 g/mol. The van der Waals surface area contributed by atoms with Crippen LogP contribution in [0.25, 0.3) is 0 Å². The van der Waals surface area contributed by atoms with Crippen molar-refractivity contribution in [1.29, 1.82) is 0 Å². The number of ether oxygens (including phenoxy) is 1. The van der Waals surface area contributed by atoms with E-state index in [1.54, 1.807) is 7.11 Å². The first kappa shape index (κ1) is 18.9. The Hall–Kier alpha value is -2.39. The predicted molar refractivity (Wildman–Crippen MR) is 94.1 cm³/mol. The van der Waals surface area contributed by atoms with Gasteiger partial charge in [-0.3, -0.25) is 9.59 Å². The Labute approximate surface area is 150 Å². The normalized spacial score (nSPS) is 10.6. The van der Waals surface area contributed by atoms with Gasteiger partial charge < -0.3 is 20.4 Å². The summed E-state index contributed by atoms with van der Waals surface area (Å²) in [6, 6.07) is 9.97. The van der Waals surface area contributed by atoms with E-state index in [1.165, 1.54) is 11.8 Å². The number of benzene rings is 1. The lowest BCUT2D eigenvalue weighted by molar-refractivity contribution is -0.123. The summed E-state index contributed by atoms with van der Waals surface area (Å²) in [5.41, 5.74) is 6.13. The fourth-order valence-corrected chi connectivity index (χ4v) is 2.92. The van der Waals surface area contributed by atoms with Crippen LogP contribution in [0.4, 0.5) is 0 Å². The van der Waals surface area contributed by atoms with Crippen LogP contribution >= 0.6 is 11.8 Å². The van der Waals surface area contributed by atoms with Gasteiger partial charge in [-0.2, -0.15) is 0 Å². The summed E-state index contributed by atoms with van der Waals surface area (Å²) in [6.07, 6.45) is 0.645. The van der Waals surface area contributed by atoms with Gasteiger partial charge in [0.15, 0.2) is 5.16 Å². The maximum Gasteiger partial charge on any atom is 0.236 e. The molecule has 8 nitrogen and oxygen atoms in total. The van der Waals surface area contributed by atoms with Crippen LogP contribution in [0.15, 0.2) is 35.5 Å². The third-order valence-electron chi connectivity index (χ3n) is 3.31. The zero-order chi connectivity index (χ0) is 18.1. The molecule has 0 radical (unpaired) electrons. The summed E-state index contributed by atoms with van der Waals surface area (Å²) < 4.78 is 7.10. The summed E-state index contributed by atoms with van der Waals surface area (Å²) in [7, 11) is 1.63. The molecule has 1 aromatic heterocycles. The molecule has 25 heavy (non-hydrogen) atoms. The van der Waals surface area contributed by atoms with Gasteiger partial charge in [-0.1, -0.05) is 42.1 Å². The van der Waals surface area contributed by atoms with Crippen LogP contribution in [0.3, 0.4) is 0 Å². The largest absolute Gasteiger partial charge is 0.383 e. The van der Waals surface area contributed by atoms with Gasteiger partial charge >= 0.3 is 0 Å². The molecule has 0 unspecified atom stereocenters.